The van der Waals surface area contributed by atoms with Crippen molar-refractivity contribution in [2.75, 3.05) is 19.8 Å². The van der Waals surface area contributed by atoms with E-state index in [0.717, 1.165) is 0 Å². The topological polar surface area (TPSA) is 47.9 Å². The van der Waals surface area contributed by atoms with Crippen LogP contribution >= 0.6 is 0 Å². The largest absolute Gasteiger partial charge is 0.362 e. The third kappa shape index (κ3) is 4.57. The molecule has 4 heteroatoms. The molecule has 0 fully saturated rings. The number of ether oxygens (including phenoxy) is 3. The summed E-state index contributed by atoms with van der Waals surface area (Å²) in [5, 5.41) is 9.76. The molecule has 0 radical (unpaired) electrons. The summed E-state index contributed by atoms with van der Waals surface area (Å²) in [6, 6.07) is 0. The Balaban J connectivity index is 4.13. The molecule has 80 valence electrons. The Bertz CT molecular complexity index is 119. The van der Waals surface area contributed by atoms with Crippen LogP contribution in [0.25, 0.3) is 0 Å². The zero-order chi connectivity index (χ0) is 10.3. The summed E-state index contributed by atoms with van der Waals surface area (Å²) < 4.78 is 15.5. The average molecular weight is 192 g/mol. The van der Waals surface area contributed by atoms with Crippen LogP contribution in [0, 0.1) is 0 Å². The first-order chi connectivity index (χ1) is 6.08. The molecule has 0 saturated carbocycles. The third-order valence-corrected chi connectivity index (χ3v) is 1.51. The fourth-order valence-corrected chi connectivity index (χ4v) is 1.02. The summed E-state index contributed by atoms with van der Waals surface area (Å²) in [7, 11) is 0. The molecule has 0 rings (SSSR count). The Morgan fingerprint density at radius 3 is 1.85 bits per heavy atom. The molecule has 0 heterocycles. The fraction of sp³-hybridized carbons (Fsp3) is 1.00. The van der Waals surface area contributed by atoms with E-state index in [1.165, 1.54) is 6.92 Å². The molecular weight excluding hydrogens is 172 g/mol. The molecular formula is C9H20O4. The summed E-state index contributed by atoms with van der Waals surface area (Å²) in [4.78, 5) is 0. The quantitative estimate of drug-likeness (QED) is 0.614. The Morgan fingerprint density at radius 1 is 1.08 bits per heavy atom. The second-order valence-corrected chi connectivity index (χ2v) is 2.73. The highest BCUT2D eigenvalue weighted by Crippen LogP contribution is 2.16. The Hall–Kier alpha value is -0.160. The zero-order valence-corrected chi connectivity index (χ0v) is 8.87. The van der Waals surface area contributed by atoms with Gasteiger partial charge in [-0.1, -0.05) is 0 Å². The van der Waals surface area contributed by atoms with Crippen LogP contribution in [0.1, 0.15) is 27.7 Å². The second-order valence-electron chi connectivity index (χ2n) is 2.73. The van der Waals surface area contributed by atoms with E-state index < -0.39 is 12.1 Å². The highest BCUT2D eigenvalue weighted by molar-refractivity contribution is 4.65. The molecule has 0 aliphatic rings. The third-order valence-electron chi connectivity index (χ3n) is 1.51. The molecule has 0 saturated heterocycles. The summed E-state index contributed by atoms with van der Waals surface area (Å²) in [6.07, 6.45) is -0.720. The Morgan fingerprint density at radius 2 is 1.54 bits per heavy atom. The number of hydrogen-bond donors (Lipinski definition) is 1. The second kappa shape index (κ2) is 6.32. The molecule has 0 aromatic carbocycles. The van der Waals surface area contributed by atoms with Gasteiger partial charge in [-0.2, -0.15) is 0 Å². The maximum atomic E-state index is 9.76. The Kier molecular flexibility index (Phi) is 6.24. The summed E-state index contributed by atoms with van der Waals surface area (Å²) in [5.74, 6) is -1.37. The minimum Gasteiger partial charge on any atom is -0.362 e. The van der Waals surface area contributed by atoms with Gasteiger partial charge in [-0.3, -0.25) is 0 Å². The van der Waals surface area contributed by atoms with Crippen molar-refractivity contribution in [3.8, 4) is 0 Å². The van der Waals surface area contributed by atoms with Crippen molar-refractivity contribution in [1.82, 2.24) is 0 Å². The number of rotatable bonds is 7. The lowest BCUT2D eigenvalue weighted by Gasteiger charge is -2.31. The normalized spacial score (nSPS) is 16.2. The van der Waals surface area contributed by atoms with E-state index in [1.54, 1.807) is 0 Å². The lowest BCUT2D eigenvalue weighted by atomic mass is 10.3. The predicted octanol–water partition coefficient (Wildman–Crippen LogP) is 1.13. The van der Waals surface area contributed by atoms with Gasteiger partial charge in [-0.05, 0) is 27.7 Å². The summed E-state index contributed by atoms with van der Waals surface area (Å²) >= 11 is 0. The number of hydrogen-bond acceptors (Lipinski definition) is 4. The molecule has 0 aromatic heterocycles. The van der Waals surface area contributed by atoms with E-state index in [9.17, 15) is 5.11 Å². The van der Waals surface area contributed by atoms with Crippen molar-refractivity contribution < 1.29 is 19.3 Å². The zero-order valence-electron chi connectivity index (χ0n) is 8.87. The van der Waals surface area contributed by atoms with Gasteiger partial charge in [0, 0.05) is 19.8 Å². The van der Waals surface area contributed by atoms with E-state index in [2.05, 4.69) is 0 Å². The van der Waals surface area contributed by atoms with E-state index in [4.69, 9.17) is 14.2 Å². The molecule has 0 amide bonds. The molecule has 0 aliphatic heterocycles. The lowest BCUT2D eigenvalue weighted by molar-refractivity contribution is -0.325. The van der Waals surface area contributed by atoms with Gasteiger partial charge in [0.05, 0.1) is 0 Å². The molecule has 1 atom stereocenters. The van der Waals surface area contributed by atoms with Crippen LogP contribution in [0.5, 0.6) is 0 Å². The van der Waals surface area contributed by atoms with E-state index in [0.29, 0.717) is 19.8 Å². The van der Waals surface area contributed by atoms with E-state index in [-0.39, 0.29) is 0 Å². The highest BCUT2D eigenvalue weighted by atomic mass is 16.7. The molecule has 1 N–H and O–H groups in total. The van der Waals surface area contributed by atoms with Crippen LogP contribution in [0.2, 0.25) is 0 Å². The van der Waals surface area contributed by atoms with Crippen molar-refractivity contribution in [3.05, 3.63) is 0 Å². The van der Waals surface area contributed by atoms with Gasteiger partial charge in [-0.25, -0.2) is 0 Å². The van der Waals surface area contributed by atoms with Gasteiger partial charge in [0.25, 0.3) is 0 Å². The van der Waals surface area contributed by atoms with Gasteiger partial charge in [0.2, 0.25) is 12.1 Å². The smallest absolute Gasteiger partial charge is 0.215 e. The van der Waals surface area contributed by atoms with Gasteiger partial charge < -0.3 is 19.3 Å². The molecule has 0 aliphatic carbocycles. The first kappa shape index (κ1) is 12.8. The van der Waals surface area contributed by atoms with Crippen molar-refractivity contribution in [3.63, 3.8) is 0 Å². The highest BCUT2D eigenvalue weighted by Gasteiger charge is 2.33. The van der Waals surface area contributed by atoms with Crippen LogP contribution in [-0.4, -0.2) is 37.0 Å². The van der Waals surface area contributed by atoms with Gasteiger partial charge in [0.15, 0.2) is 0 Å². The van der Waals surface area contributed by atoms with Crippen molar-refractivity contribution in [1.29, 1.82) is 0 Å². The van der Waals surface area contributed by atoms with Crippen molar-refractivity contribution >= 4 is 0 Å². The van der Waals surface area contributed by atoms with Gasteiger partial charge in [0.1, 0.15) is 0 Å². The monoisotopic (exact) mass is 192 g/mol. The van der Waals surface area contributed by atoms with E-state index >= 15 is 0 Å². The Labute approximate surface area is 79.8 Å². The van der Waals surface area contributed by atoms with Crippen LogP contribution in [0.4, 0.5) is 0 Å². The van der Waals surface area contributed by atoms with Crippen LogP contribution in [0.3, 0.4) is 0 Å². The summed E-state index contributed by atoms with van der Waals surface area (Å²) in [6.45, 7) is 8.41. The molecule has 0 spiro atoms. The molecule has 4 nitrogen and oxygen atoms in total. The first-order valence-electron chi connectivity index (χ1n) is 4.68. The van der Waals surface area contributed by atoms with Crippen molar-refractivity contribution in [2.24, 2.45) is 0 Å². The molecule has 13 heavy (non-hydrogen) atoms. The van der Waals surface area contributed by atoms with Gasteiger partial charge >= 0.3 is 0 Å². The number of aliphatic hydroxyl groups is 1. The minimum atomic E-state index is -1.37. The fourth-order valence-electron chi connectivity index (χ4n) is 1.02. The lowest BCUT2D eigenvalue weighted by Crippen LogP contribution is -2.45. The van der Waals surface area contributed by atoms with Crippen molar-refractivity contribution in [2.45, 2.75) is 39.8 Å². The van der Waals surface area contributed by atoms with E-state index in [1.807, 2.05) is 20.8 Å². The standard InChI is InChI=1S/C9H20O4/c1-5-11-8(12-6-2)9(4,10)13-7-3/h8,10H,5-7H2,1-4H3. The molecule has 1 unspecified atom stereocenters. The SMILES string of the molecule is CCOC(OCC)C(C)(O)OCC. The molecule has 0 aromatic rings. The van der Waals surface area contributed by atoms with Crippen LogP contribution < -0.4 is 0 Å². The van der Waals surface area contributed by atoms with Crippen LogP contribution in [-0.2, 0) is 14.2 Å². The minimum absolute atomic E-state index is 0.420. The molecule has 0 bridgehead atoms. The van der Waals surface area contributed by atoms with Crippen LogP contribution in [0.15, 0.2) is 0 Å². The summed E-state index contributed by atoms with van der Waals surface area (Å²) in [5.41, 5.74) is 0. The maximum absolute atomic E-state index is 9.76. The predicted molar refractivity (Wildman–Crippen MR) is 49.3 cm³/mol. The maximum Gasteiger partial charge on any atom is 0.215 e. The van der Waals surface area contributed by atoms with Gasteiger partial charge in [-0.15, -0.1) is 0 Å². The average Bonchev–Trinajstić information content (AvgIpc) is 2.04. The first-order valence-corrected chi connectivity index (χ1v) is 4.68.